The van der Waals surface area contributed by atoms with E-state index in [1.807, 2.05) is 60.7 Å². The van der Waals surface area contributed by atoms with Crippen molar-refractivity contribution in [2.75, 3.05) is 26.2 Å². The second-order valence-electron chi connectivity index (χ2n) is 7.91. The van der Waals surface area contributed by atoms with Crippen molar-refractivity contribution in [3.05, 3.63) is 66.2 Å². The summed E-state index contributed by atoms with van der Waals surface area (Å²) in [4.78, 5) is 22.4. The highest BCUT2D eigenvalue weighted by molar-refractivity contribution is 6.06. The standard InChI is InChI=1S/C24H30N4O/c29-23(20-10-4-1-5-11-20)26-24(25-21-12-6-2-7-13-21)28-18-16-27(17-19-28)22-14-8-3-9-15-22/h1-2,4-7,10-13,22H,3,8-9,14-19H2,(H,25,26,29). The van der Waals surface area contributed by atoms with Crippen LogP contribution in [0.2, 0.25) is 0 Å². The maximum absolute atomic E-state index is 12.8. The number of hydrogen-bond donors (Lipinski definition) is 1. The molecule has 2 fully saturated rings. The van der Waals surface area contributed by atoms with Gasteiger partial charge in [0.15, 0.2) is 0 Å². The summed E-state index contributed by atoms with van der Waals surface area (Å²) in [6, 6.07) is 19.9. The molecule has 1 heterocycles. The molecule has 1 saturated carbocycles. The molecule has 0 aromatic heterocycles. The number of piperazine rings is 1. The molecule has 5 heteroatoms. The SMILES string of the molecule is O=C(NC(=Nc1ccccc1)N1CCN(C2CCCCC2)CC1)c1ccccc1. The van der Waals surface area contributed by atoms with Gasteiger partial charge in [-0.2, -0.15) is 0 Å². The fourth-order valence-corrected chi connectivity index (χ4v) is 4.31. The van der Waals surface area contributed by atoms with Crippen molar-refractivity contribution < 1.29 is 4.79 Å². The van der Waals surface area contributed by atoms with Crippen molar-refractivity contribution >= 4 is 17.6 Å². The lowest BCUT2D eigenvalue weighted by Crippen LogP contribution is -2.55. The van der Waals surface area contributed by atoms with Crippen LogP contribution >= 0.6 is 0 Å². The molecule has 2 aromatic carbocycles. The molecule has 0 radical (unpaired) electrons. The fraction of sp³-hybridized carbons (Fsp3) is 0.417. The Morgan fingerprint density at radius 2 is 1.45 bits per heavy atom. The van der Waals surface area contributed by atoms with E-state index in [-0.39, 0.29) is 5.91 Å². The highest BCUT2D eigenvalue weighted by Gasteiger charge is 2.27. The Morgan fingerprint density at radius 3 is 2.10 bits per heavy atom. The lowest BCUT2D eigenvalue weighted by atomic mass is 9.94. The van der Waals surface area contributed by atoms with E-state index < -0.39 is 0 Å². The van der Waals surface area contributed by atoms with E-state index in [2.05, 4.69) is 15.1 Å². The highest BCUT2D eigenvalue weighted by Crippen LogP contribution is 2.23. The van der Waals surface area contributed by atoms with Crippen LogP contribution < -0.4 is 5.32 Å². The van der Waals surface area contributed by atoms with Crippen molar-refractivity contribution in [2.45, 2.75) is 38.1 Å². The van der Waals surface area contributed by atoms with Crippen molar-refractivity contribution in [1.82, 2.24) is 15.1 Å². The Bertz CT molecular complexity index is 807. The van der Waals surface area contributed by atoms with E-state index in [0.29, 0.717) is 11.5 Å². The molecule has 29 heavy (non-hydrogen) atoms. The minimum Gasteiger partial charge on any atom is -0.340 e. The zero-order valence-corrected chi connectivity index (χ0v) is 17.0. The predicted octanol–water partition coefficient (Wildman–Crippen LogP) is 4.05. The molecule has 2 aliphatic rings. The van der Waals surface area contributed by atoms with Crippen molar-refractivity contribution in [2.24, 2.45) is 4.99 Å². The van der Waals surface area contributed by atoms with E-state index in [1.54, 1.807) is 0 Å². The zero-order chi connectivity index (χ0) is 19.9. The number of carbonyl (C=O) groups excluding carboxylic acids is 1. The summed E-state index contributed by atoms with van der Waals surface area (Å²) in [5.74, 6) is 0.531. The van der Waals surface area contributed by atoms with E-state index in [4.69, 9.17) is 4.99 Å². The number of hydrogen-bond acceptors (Lipinski definition) is 3. The summed E-state index contributed by atoms with van der Waals surface area (Å²) in [5, 5.41) is 3.06. The van der Waals surface area contributed by atoms with Gasteiger partial charge in [0.2, 0.25) is 5.96 Å². The van der Waals surface area contributed by atoms with Crippen molar-refractivity contribution in [3.8, 4) is 0 Å². The number of benzene rings is 2. The van der Waals surface area contributed by atoms with Crippen molar-refractivity contribution in [1.29, 1.82) is 0 Å². The van der Waals surface area contributed by atoms with Gasteiger partial charge in [-0.15, -0.1) is 0 Å². The van der Waals surface area contributed by atoms with Gasteiger partial charge in [-0.3, -0.25) is 15.0 Å². The van der Waals surface area contributed by atoms with Gasteiger partial charge in [-0.25, -0.2) is 4.99 Å². The largest absolute Gasteiger partial charge is 0.340 e. The molecule has 0 spiro atoms. The number of nitrogens with zero attached hydrogens (tertiary/aromatic N) is 3. The first-order chi connectivity index (χ1) is 14.3. The third-order valence-corrected chi connectivity index (χ3v) is 5.96. The van der Waals surface area contributed by atoms with Gasteiger partial charge in [0, 0.05) is 37.8 Å². The number of carbonyl (C=O) groups is 1. The summed E-state index contributed by atoms with van der Waals surface area (Å²) in [6.45, 7) is 3.83. The Kier molecular flexibility index (Phi) is 6.57. The average Bonchev–Trinajstić information content (AvgIpc) is 2.80. The Labute approximate surface area is 173 Å². The quantitative estimate of drug-likeness (QED) is 0.635. The number of para-hydroxylation sites is 1. The van der Waals surface area contributed by atoms with Gasteiger partial charge in [0.05, 0.1) is 5.69 Å². The second-order valence-corrected chi connectivity index (χ2v) is 7.91. The Hall–Kier alpha value is -2.66. The number of rotatable bonds is 3. The maximum Gasteiger partial charge on any atom is 0.257 e. The van der Waals surface area contributed by atoms with Gasteiger partial charge in [-0.1, -0.05) is 55.7 Å². The Morgan fingerprint density at radius 1 is 0.828 bits per heavy atom. The van der Waals surface area contributed by atoms with Gasteiger partial charge < -0.3 is 4.90 Å². The van der Waals surface area contributed by atoms with E-state index >= 15 is 0 Å². The normalized spacial score (nSPS) is 19.2. The van der Waals surface area contributed by atoms with Crippen molar-refractivity contribution in [3.63, 3.8) is 0 Å². The molecule has 5 nitrogen and oxygen atoms in total. The number of nitrogens with one attached hydrogen (secondary N) is 1. The van der Waals surface area contributed by atoms with Crippen LogP contribution in [0.25, 0.3) is 0 Å². The predicted molar refractivity (Wildman–Crippen MR) is 117 cm³/mol. The number of amides is 1. The first-order valence-corrected chi connectivity index (χ1v) is 10.8. The first kappa shape index (κ1) is 19.6. The molecule has 152 valence electrons. The minimum atomic E-state index is -0.116. The lowest BCUT2D eigenvalue weighted by molar-refractivity contribution is 0.0943. The third-order valence-electron chi connectivity index (χ3n) is 5.96. The molecule has 1 N–H and O–H groups in total. The summed E-state index contributed by atoms with van der Waals surface area (Å²) in [7, 11) is 0. The highest BCUT2D eigenvalue weighted by atomic mass is 16.1. The molecule has 1 amide bonds. The van der Waals surface area contributed by atoms with Gasteiger partial charge in [-0.05, 0) is 37.1 Å². The first-order valence-electron chi connectivity index (χ1n) is 10.8. The molecular formula is C24H30N4O. The number of aliphatic imine (C=N–C) groups is 1. The molecule has 4 rings (SSSR count). The number of guanidine groups is 1. The molecule has 0 atom stereocenters. The van der Waals surface area contributed by atoms with E-state index in [1.165, 1.54) is 32.1 Å². The van der Waals surface area contributed by atoms with Crippen LogP contribution in [0.5, 0.6) is 0 Å². The summed E-state index contributed by atoms with van der Waals surface area (Å²) >= 11 is 0. The van der Waals surface area contributed by atoms with Gasteiger partial charge >= 0.3 is 0 Å². The molecule has 2 aromatic rings. The van der Waals surface area contributed by atoms with Crippen LogP contribution in [0.1, 0.15) is 42.5 Å². The average molecular weight is 391 g/mol. The van der Waals surface area contributed by atoms with E-state index in [9.17, 15) is 4.79 Å². The molecule has 1 saturated heterocycles. The molecule has 1 aliphatic heterocycles. The smallest absolute Gasteiger partial charge is 0.257 e. The fourth-order valence-electron chi connectivity index (χ4n) is 4.31. The topological polar surface area (TPSA) is 47.9 Å². The zero-order valence-electron chi connectivity index (χ0n) is 17.0. The maximum atomic E-state index is 12.8. The lowest BCUT2D eigenvalue weighted by Gasteiger charge is -2.41. The molecular weight excluding hydrogens is 360 g/mol. The molecule has 0 unspecified atom stereocenters. The summed E-state index contributed by atoms with van der Waals surface area (Å²) < 4.78 is 0. The van der Waals surface area contributed by atoms with Crippen LogP contribution in [0.4, 0.5) is 5.69 Å². The third kappa shape index (κ3) is 5.24. The van der Waals surface area contributed by atoms with Gasteiger partial charge in [0.1, 0.15) is 0 Å². The van der Waals surface area contributed by atoms with Crippen LogP contribution in [-0.4, -0.2) is 53.9 Å². The van der Waals surface area contributed by atoms with E-state index in [0.717, 1.165) is 37.9 Å². The monoisotopic (exact) mass is 390 g/mol. The van der Waals surface area contributed by atoms with Crippen LogP contribution in [0.3, 0.4) is 0 Å². The second kappa shape index (κ2) is 9.70. The Balaban J connectivity index is 1.47. The summed E-state index contributed by atoms with van der Waals surface area (Å²) in [6.07, 6.45) is 6.76. The van der Waals surface area contributed by atoms with Gasteiger partial charge in [0.25, 0.3) is 5.91 Å². The molecule has 1 aliphatic carbocycles. The van der Waals surface area contributed by atoms with Crippen LogP contribution in [0.15, 0.2) is 65.7 Å². The summed E-state index contributed by atoms with van der Waals surface area (Å²) in [5.41, 5.74) is 1.50. The van der Waals surface area contributed by atoms with Crippen LogP contribution in [0, 0.1) is 0 Å². The van der Waals surface area contributed by atoms with Crippen LogP contribution in [-0.2, 0) is 0 Å². The minimum absolute atomic E-state index is 0.116. The molecule has 0 bridgehead atoms.